The predicted molar refractivity (Wildman–Crippen MR) is 271 cm³/mol. The second kappa shape index (κ2) is 25.4. The number of amides is 6. The van der Waals surface area contributed by atoms with E-state index in [9.17, 15) is 33.6 Å². The lowest BCUT2D eigenvalue weighted by Crippen LogP contribution is -2.48. The molecular weight excluding hydrogens is 968 g/mol. The molecule has 19 nitrogen and oxygen atoms in total. The summed E-state index contributed by atoms with van der Waals surface area (Å²) in [4.78, 5) is 108. The van der Waals surface area contributed by atoms with Crippen molar-refractivity contribution >= 4 is 80.1 Å². The molecule has 6 amide bonds. The highest BCUT2D eigenvalue weighted by Crippen LogP contribution is 2.47. The highest BCUT2D eigenvalue weighted by Gasteiger charge is 2.44. The molecule has 3 aliphatic rings. The molecule has 72 heavy (non-hydrogen) atoms. The summed E-state index contributed by atoms with van der Waals surface area (Å²) in [6, 6.07) is 14.6. The first kappa shape index (κ1) is 51.4. The van der Waals surface area contributed by atoms with Gasteiger partial charge in [-0.1, -0.05) is 41.1 Å². The lowest BCUT2D eigenvalue weighted by molar-refractivity contribution is -0.197. The number of halogens is 1. The summed E-state index contributed by atoms with van der Waals surface area (Å²) in [7, 11) is 3.04. The van der Waals surface area contributed by atoms with Gasteiger partial charge in [-0.05, 0) is 87.5 Å². The van der Waals surface area contributed by atoms with E-state index in [-0.39, 0.29) is 81.6 Å². The Morgan fingerprint density at radius 3 is 2.36 bits per heavy atom. The maximum atomic E-state index is 15.1. The van der Waals surface area contributed by atoms with Crippen LogP contribution in [0.15, 0.2) is 84.5 Å². The average Bonchev–Trinajstić information content (AvgIpc) is 3.84. The number of hydrazone groups is 1. The fourth-order valence-corrected chi connectivity index (χ4v) is 9.93. The first-order valence-corrected chi connectivity index (χ1v) is 25.3. The number of pyridine rings is 1. The first-order valence-electron chi connectivity index (χ1n) is 23.9. The number of hydrogen-bond acceptors (Lipinski definition) is 16. The summed E-state index contributed by atoms with van der Waals surface area (Å²) in [5.74, 6) is -4.03. The number of aromatic nitrogens is 3. The molecule has 2 aromatic carbocycles. The van der Waals surface area contributed by atoms with Crippen molar-refractivity contribution in [3.8, 4) is 5.75 Å². The van der Waals surface area contributed by atoms with Gasteiger partial charge < -0.3 is 30.0 Å². The Morgan fingerprint density at radius 2 is 1.68 bits per heavy atom. The second-order valence-corrected chi connectivity index (χ2v) is 20.5. The van der Waals surface area contributed by atoms with E-state index in [1.165, 1.54) is 52.3 Å². The molecule has 1 saturated carbocycles. The van der Waals surface area contributed by atoms with Gasteiger partial charge in [-0.25, -0.2) is 24.6 Å². The predicted octanol–water partition coefficient (Wildman–Crippen LogP) is 6.21. The number of rotatable bonds is 22. The van der Waals surface area contributed by atoms with Gasteiger partial charge in [-0.2, -0.15) is 5.10 Å². The van der Waals surface area contributed by atoms with E-state index in [1.54, 1.807) is 37.4 Å². The van der Waals surface area contributed by atoms with Crippen molar-refractivity contribution in [2.45, 2.75) is 90.3 Å². The van der Waals surface area contributed by atoms with E-state index in [1.807, 2.05) is 30.9 Å². The van der Waals surface area contributed by atoms with Crippen molar-refractivity contribution in [1.29, 1.82) is 0 Å². The van der Waals surface area contributed by atoms with Crippen molar-refractivity contribution < 1.29 is 50.3 Å². The summed E-state index contributed by atoms with van der Waals surface area (Å²) in [6.07, 6.45) is 4.97. The number of ether oxygens (including phenoxy) is 1. The highest BCUT2D eigenvalue weighted by atomic mass is 33.1. The fraction of sp³-hybridized carbons (Fsp3) is 0.420. The van der Waals surface area contributed by atoms with Crippen LogP contribution in [0.4, 0.5) is 15.8 Å². The Kier molecular flexibility index (Phi) is 18.2. The number of hydroxylamine groups is 2. The Bertz CT molecular complexity index is 2700. The SMILES string of the molecule is C.[2H]C1([2H])[C@H](C(=O)Nc2ccc(CNC(=O)c3ccc(N4CCN(C(=O)CCSSC(C)(C)CC(=O)N/N=C(\C)c5ncc(OCCCC(=O)ON6C(=O)CCC6=O)cn5)CC4)cc3)c(F)c2)[C@H]1c1cccnc1. The van der Waals surface area contributed by atoms with Crippen LogP contribution >= 0.6 is 21.6 Å². The summed E-state index contributed by atoms with van der Waals surface area (Å²) in [6.45, 7) is 7.87. The van der Waals surface area contributed by atoms with Gasteiger partial charge >= 0.3 is 5.97 Å². The summed E-state index contributed by atoms with van der Waals surface area (Å²) >= 11 is 0. The van der Waals surface area contributed by atoms with Gasteiger partial charge in [0.15, 0.2) is 11.6 Å². The molecular formula is C50H59FN10O9S2. The van der Waals surface area contributed by atoms with Crippen LogP contribution in [0.3, 0.4) is 0 Å². The number of benzene rings is 2. The van der Waals surface area contributed by atoms with Crippen LogP contribution in [0.1, 0.15) is 109 Å². The molecule has 22 heteroatoms. The van der Waals surface area contributed by atoms with Crippen LogP contribution in [-0.2, 0) is 40.1 Å². The lowest BCUT2D eigenvalue weighted by atomic mass is 10.1. The monoisotopic (exact) mass is 1030 g/mol. The van der Waals surface area contributed by atoms with Crippen LogP contribution in [-0.4, -0.2) is 115 Å². The minimum atomic E-state index is -1.75. The highest BCUT2D eigenvalue weighted by molar-refractivity contribution is 8.77. The van der Waals surface area contributed by atoms with Gasteiger partial charge in [0.2, 0.25) is 17.7 Å². The van der Waals surface area contributed by atoms with Crippen LogP contribution < -0.4 is 25.7 Å². The van der Waals surface area contributed by atoms with Crippen LogP contribution in [0.2, 0.25) is 0 Å². The van der Waals surface area contributed by atoms with Crippen molar-refractivity contribution in [1.82, 2.24) is 35.7 Å². The molecule has 382 valence electrons. The zero-order chi connectivity index (χ0) is 52.3. The third-order valence-electron chi connectivity index (χ3n) is 11.4. The molecule has 0 radical (unpaired) electrons. The van der Waals surface area contributed by atoms with Crippen LogP contribution in [0.25, 0.3) is 0 Å². The van der Waals surface area contributed by atoms with Gasteiger partial charge in [-0.15, -0.1) is 5.06 Å². The number of carbonyl (C=O) groups excluding carboxylic acids is 7. The van der Waals surface area contributed by atoms with Crippen LogP contribution in [0.5, 0.6) is 5.75 Å². The number of piperazine rings is 1. The van der Waals surface area contributed by atoms with Gasteiger partial charge in [0, 0.05) is 112 Å². The Labute approximate surface area is 428 Å². The normalized spacial score (nSPS) is 17.8. The molecule has 3 fully saturated rings. The molecule has 1 aliphatic carbocycles. The van der Waals surface area contributed by atoms with Crippen molar-refractivity contribution in [3.63, 3.8) is 0 Å². The van der Waals surface area contributed by atoms with Crippen molar-refractivity contribution in [2.75, 3.05) is 48.8 Å². The molecule has 0 spiro atoms. The summed E-state index contributed by atoms with van der Waals surface area (Å²) < 4.78 is 36.7. The van der Waals surface area contributed by atoms with E-state index in [2.05, 4.69) is 41.0 Å². The number of imide groups is 1. The quantitative estimate of drug-likeness (QED) is 0.0261. The molecule has 4 aromatic rings. The maximum absolute atomic E-state index is 15.1. The van der Waals surface area contributed by atoms with Gasteiger partial charge in [0.25, 0.3) is 17.7 Å². The molecule has 0 unspecified atom stereocenters. The molecule has 2 saturated heterocycles. The molecule has 0 bridgehead atoms. The first-order chi connectivity index (χ1) is 34.9. The number of nitrogens with zero attached hydrogens (tertiary/aromatic N) is 7. The molecule has 3 N–H and O–H groups in total. The Balaban J connectivity index is 0.00000892. The second-order valence-electron chi connectivity index (χ2n) is 17.4. The van der Waals surface area contributed by atoms with E-state index in [0.29, 0.717) is 66.0 Å². The fourth-order valence-electron chi connectivity index (χ4n) is 7.45. The van der Waals surface area contributed by atoms with E-state index in [0.717, 1.165) is 11.8 Å². The number of nitrogens with one attached hydrogen (secondary N) is 3. The molecule has 4 heterocycles. The third kappa shape index (κ3) is 15.5. The van der Waals surface area contributed by atoms with Gasteiger partial charge in [-0.3, -0.25) is 33.8 Å². The smallest absolute Gasteiger partial charge is 0.333 e. The van der Waals surface area contributed by atoms with E-state index >= 15 is 4.39 Å². The van der Waals surface area contributed by atoms with Crippen LogP contribution in [0, 0.1) is 11.7 Å². The number of anilines is 2. The number of carbonyl (C=O) groups is 7. The molecule has 2 atom stereocenters. The Hall–Kier alpha value is -6.94. The van der Waals surface area contributed by atoms with E-state index < -0.39 is 58.4 Å². The molecule has 7 rings (SSSR count). The Morgan fingerprint density at radius 1 is 0.958 bits per heavy atom. The summed E-state index contributed by atoms with van der Waals surface area (Å²) in [5, 5.41) is 9.99. The molecule has 2 aliphatic heterocycles. The zero-order valence-corrected chi connectivity index (χ0v) is 41.0. The standard InChI is InChI=1S/C49H55FN10O9S2.CH4/c1-31(46-52-29-37(30-53-46)68-22-5-7-45(65)69-60-43(63)14-15-44(60)64)56-57-41(61)26-49(2,3)71-70-23-16-42(62)59-20-18-58(19-21-59)36-12-9-32(10-13-36)47(66)54-28-34-8-11-35(24-40(34)50)55-48(67)39-25-38(39)33-6-4-17-51-27-33;/h4,6,8-13,17,24,27,29-30,38-39H,5,7,14-16,18-23,25-26,28H2,1-3H3,(H,54,66)(H,55,67)(H,57,61);1H4/b56-31+;/t38-,39+;/m1./s1/i25D2;. The van der Waals surface area contributed by atoms with Crippen molar-refractivity contribution in [3.05, 3.63) is 108 Å². The molecule has 2 aromatic heterocycles. The largest absolute Gasteiger partial charge is 0.490 e. The third-order valence-corrected chi connectivity index (χ3v) is 14.7. The summed E-state index contributed by atoms with van der Waals surface area (Å²) in [5.41, 5.74) is 5.23. The zero-order valence-electron chi connectivity index (χ0n) is 41.4. The average molecular weight is 1030 g/mol. The van der Waals surface area contributed by atoms with E-state index in [4.69, 9.17) is 12.3 Å². The maximum Gasteiger partial charge on any atom is 0.333 e. The van der Waals surface area contributed by atoms with Gasteiger partial charge in [0.1, 0.15) is 11.5 Å². The number of hydrogen-bond donors (Lipinski definition) is 3. The van der Waals surface area contributed by atoms with Gasteiger partial charge in [0.05, 0.1) is 25.4 Å². The minimum absolute atomic E-state index is 0. The van der Waals surface area contributed by atoms with Crippen molar-refractivity contribution in [2.24, 2.45) is 11.0 Å². The lowest BCUT2D eigenvalue weighted by Gasteiger charge is -2.36. The minimum Gasteiger partial charge on any atom is -0.490 e. The topological polar surface area (TPSA) is 235 Å².